The van der Waals surface area contributed by atoms with Crippen LogP contribution in [0.5, 0.6) is 0 Å². The second kappa shape index (κ2) is 6.31. The van der Waals surface area contributed by atoms with Crippen molar-refractivity contribution in [3.05, 3.63) is 40.9 Å². The van der Waals surface area contributed by atoms with E-state index in [0.717, 1.165) is 18.5 Å². The Kier molecular flexibility index (Phi) is 4.42. The average molecular weight is 338 g/mol. The third-order valence-electron chi connectivity index (χ3n) is 3.80. The smallest absolute Gasteiger partial charge is 0.214 e. The van der Waals surface area contributed by atoms with Crippen molar-refractivity contribution in [2.24, 2.45) is 0 Å². The monoisotopic (exact) mass is 338 g/mol. The molecule has 8 heteroatoms. The van der Waals surface area contributed by atoms with Crippen LogP contribution < -0.4 is 0 Å². The first kappa shape index (κ1) is 15.4. The molecule has 22 heavy (non-hydrogen) atoms. The lowest BCUT2D eigenvalue weighted by molar-refractivity contribution is 0.476. The molecule has 1 aromatic heterocycles. The van der Waals surface area contributed by atoms with E-state index in [-0.39, 0.29) is 5.75 Å². The summed E-state index contributed by atoms with van der Waals surface area (Å²) in [6, 6.07) is 9.59. The number of hydrogen-bond donors (Lipinski definition) is 1. The van der Waals surface area contributed by atoms with Crippen LogP contribution in [0.3, 0.4) is 0 Å². The van der Waals surface area contributed by atoms with Gasteiger partial charge in [0, 0.05) is 25.2 Å². The van der Waals surface area contributed by atoms with Gasteiger partial charge in [-0.1, -0.05) is 18.2 Å². The van der Waals surface area contributed by atoms with Crippen LogP contribution in [0.1, 0.15) is 18.7 Å². The van der Waals surface area contributed by atoms with Crippen LogP contribution in [-0.4, -0.2) is 46.3 Å². The van der Waals surface area contributed by atoms with E-state index in [2.05, 4.69) is 10.2 Å². The number of aryl methyl sites for hydroxylation is 1. The van der Waals surface area contributed by atoms with Gasteiger partial charge in [-0.25, -0.2) is 12.7 Å². The highest BCUT2D eigenvalue weighted by atomic mass is 32.2. The second-order valence-corrected chi connectivity index (χ2v) is 7.76. The molecule has 0 bridgehead atoms. The number of benzene rings is 1. The topological polar surface area (TPSA) is 71.0 Å². The summed E-state index contributed by atoms with van der Waals surface area (Å²) >= 11 is 5.25. The number of aromatic nitrogens is 3. The molecule has 0 aliphatic carbocycles. The van der Waals surface area contributed by atoms with Gasteiger partial charge in [0.15, 0.2) is 4.77 Å². The highest BCUT2D eigenvalue weighted by Crippen LogP contribution is 2.16. The Hall–Kier alpha value is -1.51. The fraction of sp³-hybridized carbons (Fsp3) is 0.429. The minimum atomic E-state index is -3.22. The first-order chi connectivity index (χ1) is 10.6. The second-order valence-electron chi connectivity index (χ2n) is 5.29. The van der Waals surface area contributed by atoms with E-state index in [0.29, 0.717) is 30.1 Å². The van der Waals surface area contributed by atoms with Crippen molar-refractivity contribution >= 4 is 22.2 Å². The van der Waals surface area contributed by atoms with Crippen LogP contribution in [-0.2, 0) is 16.4 Å². The summed E-state index contributed by atoms with van der Waals surface area (Å²) in [7, 11) is -3.22. The zero-order valence-electron chi connectivity index (χ0n) is 12.1. The molecule has 0 atom stereocenters. The molecule has 1 N–H and O–H groups in total. The maximum atomic E-state index is 12.3. The van der Waals surface area contributed by atoms with Crippen molar-refractivity contribution in [2.45, 2.75) is 19.3 Å². The van der Waals surface area contributed by atoms with E-state index in [1.807, 2.05) is 30.3 Å². The molecule has 3 rings (SSSR count). The summed E-state index contributed by atoms with van der Waals surface area (Å²) < 4.78 is 28.5. The predicted molar refractivity (Wildman–Crippen MR) is 87.0 cm³/mol. The largest absolute Gasteiger partial charge is 0.272 e. The van der Waals surface area contributed by atoms with Gasteiger partial charge in [0.25, 0.3) is 0 Å². The number of aromatic amines is 1. The lowest BCUT2D eigenvalue weighted by Crippen LogP contribution is -2.31. The molecule has 1 aliphatic rings. The molecule has 118 valence electrons. The zero-order chi connectivity index (χ0) is 15.6. The zero-order valence-corrected chi connectivity index (χ0v) is 13.7. The van der Waals surface area contributed by atoms with Crippen LogP contribution >= 0.6 is 12.2 Å². The van der Waals surface area contributed by atoms with Gasteiger partial charge in [0.1, 0.15) is 5.82 Å². The molecule has 0 amide bonds. The van der Waals surface area contributed by atoms with Crippen molar-refractivity contribution in [3.63, 3.8) is 0 Å². The van der Waals surface area contributed by atoms with Crippen molar-refractivity contribution < 1.29 is 8.42 Å². The highest BCUT2D eigenvalue weighted by molar-refractivity contribution is 7.89. The van der Waals surface area contributed by atoms with Crippen LogP contribution in [0.2, 0.25) is 0 Å². The Morgan fingerprint density at radius 3 is 2.55 bits per heavy atom. The molecular weight excluding hydrogens is 320 g/mol. The molecule has 1 aromatic carbocycles. The molecule has 1 saturated heterocycles. The van der Waals surface area contributed by atoms with Crippen LogP contribution in [0, 0.1) is 4.77 Å². The van der Waals surface area contributed by atoms with Crippen LogP contribution in [0.15, 0.2) is 30.3 Å². The van der Waals surface area contributed by atoms with E-state index in [9.17, 15) is 8.42 Å². The Labute approximate surface area is 134 Å². The van der Waals surface area contributed by atoms with Crippen molar-refractivity contribution in [1.82, 2.24) is 19.1 Å². The molecular formula is C14H18N4O2S2. The normalized spacial score (nSPS) is 16.2. The summed E-state index contributed by atoms with van der Waals surface area (Å²) in [6.07, 6.45) is 2.23. The summed E-state index contributed by atoms with van der Waals surface area (Å²) in [5, 5.41) is 6.93. The Morgan fingerprint density at radius 2 is 1.86 bits per heavy atom. The van der Waals surface area contributed by atoms with E-state index >= 15 is 0 Å². The predicted octanol–water partition coefficient (Wildman–Crippen LogP) is 1.90. The molecule has 2 heterocycles. The molecule has 1 fully saturated rings. The average Bonchev–Trinajstić information content (AvgIpc) is 3.16. The van der Waals surface area contributed by atoms with E-state index in [1.165, 1.54) is 0 Å². The number of sulfonamides is 1. The first-order valence-corrected chi connectivity index (χ1v) is 9.29. The fourth-order valence-electron chi connectivity index (χ4n) is 2.66. The van der Waals surface area contributed by atoms with Gasteiger partial charge in [-0.2, -0.15) is 5.10 Å². The minimum Gasteiger partial charge on any atom is -0.272 e. The molecule has 0 radical (unpaired) electrons. The van der Waals surface area contributed by atoms with Crippen LogP contribution in [0.4, 0.5) is 0 Å². The quantitative estimate of drug-likeness (QED) is 0.845. The van der Waals surface area contributed by atoms with Crippen molar-refractivity contribution in [2.75, 3.05) is 18.8 Å². The van der Waals surface area contributed by atoms with Gasteiger partial charge in [-0.3, -0.25) is 9.67 Å². The molecule has 1 aliphatic heterocycles. The lowest BCUT2D eigenvalue weighted by atomic mass is 10.3. The van der Waals surface area contributed by atoms with Gasteiger partial charge in [-0.05, 0) is 37.2 Å². The van der Waals surface area contributed by atoms with E-state index in [4.69, 9.17) is 12.2 Å². The maximum Gasteiger partial charge on any atom is 0.214 e. The van der Waals surface area contributed by atoms with Crippen molar-refractivity contribution in [1.29, 1.82) is 0 Å². The number of nitrogens with zero attached hydrogens (tertiary/aromatic N) is 3. The Morgan fingerprint density at radius 1 is 1.18 bits per heavy atom. The summed E-state index contributed by atoms with van der Waals surface area (Å²) in [6.45, 7) is 1.27. The molecule has 2 aromatic rings. The van der Waals surface area contributed by atoms with Crippen molar-refractivity contribution in [3.8, 4) is 5.69 Å². The number of rotatable bonds is 5. The molecule has 6 nitrogen and oxygen atoms in total. The maximum absolute atomic E-state index is 12.3. The van der Waals surface area contributed by atoms with E-state index in [1.54, 1.807) is 8.87 Å². The molecule has 0 spiro atoms. The lowest BCUT2D eigenvalue weighted by Gasteiger charge is -2.15. The van der Waals surface area contributed by atoms with Gasteiger partial charge in [0.05, 0.1) is 5.75 Å². The van der Waals surface area contributed by atoms with Gasteiger partial charge >= 0.3 is 0 Å². The molecule has 0 saturated carbocycles. The third-order valence-corrected chi connectivity index (χ3v) is 5.94. The number of nitrogens with one attached hydrogen (secondary N) is 1. The molecule has 0 unspecified atom stereocenters. The number of hydrogen-bond acceptors (Lipinski definition) is 4. The highest BCUT2D eigenvalue weighted by Gasteiger charge is 2.25. The van der Waals surface area contributed by atoms with Crippen LogP contribution in [0.25, 0.3) is 5.69 Å². The standard InChI is InChI=1S/C14H18N4O2S2/c19-22(20,17-9-4-5-10-17)11-8-13-15-16-14(21)18(13)12-6-2-1-3-7-12/h1-3,6-7H,4-5,8-11H2,(H,16,21). The van der Waals surface area contributed by atoms with Gasteiger partial charge in [0.2, 0.25) is 10.0 Å². The van der Waals surface area contributed by atoms with Gasteiger partial charge < -0.3 is 0 Å². The first-order valence-electron chi connectivity index (χ1n) is 7.27. The number of para-hydroxylation sites is 1. The van der Waals surface area contributed by atoms with E-state index < -0.39 is 10.0 Å². The Balaban J connectivity index is 1.81. The number of H-pyrrole nitrogens is 1. The van der Waals surface area contributed by atoms with Gasteiger partial charge in [-0.15, -0.1) is 0 Å². The third kappa shape index (κ3) is 3.13. The SMILES string of the molecule is O=S(=O)(CCc1n[nH]c(=S)n1-c1ccccc1)N1CCCC1. The Bertz CT molecular complexity index is 790. The summed E-state index contributed by atoms with van der Waals surface area (Å²) in [5.41, 5.74) is 0.884. The minimum absolute atomic E-state index is 0.0550. The summed E-state index contributed by atoms with van der Waals surface area (Å²) in [4.78, 5) is 0. The summed E-state index contributed by atoms with van der Waals surface area (Å²) in [5.74, 6) is 0.693. The fourth-order valence-corrected chi connectivity index (χ4v) is 4.43.